The van der Waals surface area contributed by atoms with Crippen molar-refractivity contribution >= 4 is 34.8 Å². The number of hydrogen-bond donors (Lipinski definition) is 2. The molecule has 1 fully saturated rings. The molecular weight excluding hydrogens is 370 g/mol. The second kappa shape index (κ2) is 8.63. The molecule has 0 bridgehead atoms. The van der Waals surface area contributed by atoms with E-state index in [1.165, 1.54) is 16.7 Å². The molecule has 1 aliphatic rings. The summed E-state index contributed by atoms with van der Waals surface area (Å²) in [4.78, 5) is 40.2. The average Bonchev–Trinajstić information content (AvgIpc) is 3.29. The Morgan fingerprint density at radius 2 is 2.22 bits per heavy atom. The van der Waals surface area contributed by atoms with Gasteiger partial charge in [0.15, 0.2) is 12.3 Å². The number of amides is 2. The fourth-order valence-electron chi connectivity index (χ4n) is 2.70. The molecule has 27 heavy (non-hydrogen) atoms. The molecule has 2 amide bonds. The maximum absolute atomic E-state index is 11.9. The van der Waals surface area contributed by atoms with E-state index in [9.17, 15) is 14.4 Å². The van der Waals surface area contributed by atoms with Gasteiger partial charge >= 0.3 is 5.97 Å². The van der Waals surface area contributed by atoms with Crippen molar-refractivity contribution in [1.29, 1.82) is 0 Å². The lowest BCUT2D eigenvalue weighted by atomic mass is 10.3. The van der Waals surface area contributed by atoms with Crippen molar-refractivity contribution in [2.45, 2.75) is 19.3 Å². The molecule has 0 unspecified atom stereocenters. The summed E-state index contributed by atoms with van der Waals surface area (Å²) < 4.78 is 5.50. The summed E-state index contributed by atoms with van der Waals surface area (Å²) in [7, 11) is 0. The number of aromatic carboxylic acids is 1. The van der Waals surface area contributed by atoms with Crippen molar-refractivity contribution in [1.82, 2.24) is 10.3 Å². The van der Waals surface area contributed by atoms with Gasteiger partial charge in [-0.2, -0.15) is 0 Å². The number of nitrogens with one attached hydrogen (secondary N) is 1. The summed E-state index contributed by atoms with van der Waals surface area (Å²) in [6.07, 6.45) is 1.86. The first-order chi connectivity index (χ1) is 13.0. The van der Waals surface area contributed by atoms with Crippen molar-refractivity contribution in [3.63, 3.8) is 0 Å². The Morgan fingerprint density at radius 1 is 1.37 bits per heavy atom. The van der Waals surface area contributed by atoms with Crippen LogP contribution < -0.4 is 15.0 Å². The number of carbonyl (C=O) groups excluding carboxylic acids is 2. The molecule has 2 heterocycles. The van der Waals surface area contributed by atoms with Crippen LogP contribution in [0.5, 0.6) is 5.75 Å². The van der Waals surface area contributed by atoms with Crippen LogP contribution in [0.4, 0.5) is 5.69 Å². The number of aromatic nitrogens is 1. The molecule has 0 spiro atoms. The zero-order valence-electron chi connectivity index (χ0n) is 14.5. The highest BCUT2D eigenvalue weighted by atomic mass is 32.1. The molecule has 9 heteroatoms. The maximum atomic E-state index is 11.9. The Labute approximate surface area is 159 Å². The number of rotatable bonds is 8. The van der Waals surface area contributed by atoms with Gasteiger partial charge in [-0.05, 0) is 18.6 Å². The van der Waals surface area contributed by atoms with Gasteiger partial charge in [-0.25, -0.2) is 9.78 Å². The Morgan fingerprint density at radius 3 is 2.93 bits per heavy atom. The standard InChI is InChI=1S/C18H19N3O5S/c22-15(19-7-6-16-20-14(11-27-16)18(24)25)10-26-13-4-1-3-12(9-13)21-8-2-5-17(21)23/h1,3-4,9,11H,2,5-8,10H2,(H,19,22)(H,24,25). The third-order valence-corrected chi connectivity index (χ3v) is 4.91. The lowest BCUT2D eigenvalue weighted by Gasteiger charge is -2.16. The monoisotopic (exact) mass is 389 g/mol. The van der Waals surface area contributed by atoms with Gasteiger partial charge < -0.3 is 20.1 Å². The molecule has 0 atom stereocenters. The summed E-state index contributed by atoms with van der Waals surface area (Å²) in [5, 5.41) is 13.7. The molecule has 0 radical (unpaired) electrons. The van der Waals surface area contributed by atoms with Gasteiger partial charge in [0, 0.05) is 43.1 Å². The van der Waals surface area contributed by atoms with Gasteiger partial charge in [0.05, 0.1) is 5.01 Å². The van der Waals surface area contributed by atoms with E-state index >= 15 is 0 Å². The average molecular weight is 389 g/mol. The van der Waals surface area contributed by atoms with Crippen LogP contribution in [0.3, 0.4) is 0 Å². The number of thiazole rings is 1. The quantitative estimate of drug-likeness (QED) is 0.711. The predicted octanol–water partition coefficient (Wildman–Crippen LogP) is 1.71. The van der Waals surface area contributed by atoms with E-state index in [-0.39, 0.29) is 24.1 Å². The van der Waals surface area contributed by atoms with Crippen LogP contribution in [0.25, 0.3) is 0 Å². The van der Waals surface area contributed by atoms with Crippen LogP contribution >= 0.6 is 11.3 Å². The van der Waals surface area contributed by atoms with Crippen molar-refractivity contribution < 1.29 is 24.2 Å². The number of benzene rings is 1. The summed E-state index contributed by atoms with van der Waals surface area (Å²) in [6, 6.07) is 7.12. The van der Waals surface area contributed by atoms with Crippen molar-refractivity contribution in [2.75, 3.05) is 24.6 Å². The van der Waals surface area contributed by atoms with E-state index in [0.29, 0.717) is 36.7 Å². The SMILES string of the molecule is O=C(COc1cccc(N2CCCC2=O)c1)NCCc1nc(C(=O)O)cs1. The summed E-state index contributed by atoms with van der Waals surface area (Å²) in [5.74, 6) is -0.730. The summed E-state index contributed by atoms with van der Waals surface area (Å²) in [6.45, 7) is 0.899. The number of nitrogens with zero attached hydrogens (tertiary/aromatic N) is 2. The number of carboxylic acid groups (broad SMARTS) is 1. The minimum absolute atomic E-state index is 0.0148. The van der Waals surface area contributed by atoms with Crippen molar-refractivity contribution in [2.24, 2.45) is 0 Å². The van der Waals surface area contributed by atoms with Gasteiger partial charge in [0.25, 0.3) is 5.91 Å². The molecule has 1 saturated heterocycles. The highest BCUT2D eigenvalue weighted by molar-refractivity contribution is 7.09. The first kappa shape index (κ1) is 18.8. The van der Waals surface area contributed by atoms with Gasteiger partial charge in [0.2, 0.25) is 5.91 Å². The van der Waals surface area contributed by atoms with E-state index in [1.807, 2.05) is 6.07 Å². The fraction of sp³-hybridized carbons (Fsp3) is 0.333. The van der Waals surface area contributed by atoms with E-state index < -0.39 is 5.97 Å². The van der Waals surface area contributed by atoms with E-state index in [0.717, 1.165) is 12.1 Å². The number of hydrogen-bond acceptors (Lipinski definition) is 6. The first-order valence-electron chi connectivity index (χ1n) is 8.50. The van der Waals surface area contributed by atoms with Crippen LogP contribution in [-0.4, -0.2) is 47.6 Å². The smallest absolute Gasteiger partial charge is 0.355 e. The number of carbonyl (C=O) groups is 3. The summed E-state index contributed by atoms with van der Waals surface area (Å²) >= 11 is 1.25. The highest BCUT2D eigenvalue weighted by Gasteiger charge is 2.21. The molecule has 1 aromatic carbocycles. The first-order valence-corrected chi connectivity index (χ1v) is 9.38. The minimum Gasteiger partial charge on any atom is -0.484 e. The molecule has 2 aromatic rings. The van der Waals surface area contributed by atoms with Crippen LogP contribution in [0, 0.1) is 0 Å². The van der Waals surface area contributed by atoms with E-state index in [1.54, 1.807) is 23.1 Å². The Kier molecular flexibility index (Phi) is 6.02. The molecule has 1 aliphatic heterocycles. The lowest BCUT2D eigenvalue weighted by molar-refractivity contribution is -0.123. The number of anilines is 1. The Bertz CT molecular complexity index is 851. The second-order valence-electron chi connectivity index (χ2n) is 5.97. The van der Waals surface area contributed by atoms with Gasteiger partial charge in [-0.15, -0.1) is 11.3 Å². The van der Waals surface area contributed by atoms with Crippen molar-refractivity contribution in [3.8, 4) is 5.75 Å². The molecule has 0 saturated carbocycles. The second-order valence-corrected chi connectivity index (χ2v) is 6.91. The molecule has 142 valence electrons. The fourth-order valence-corrected chi connectivity index (χ4v) is 3.47. The molecule has 8 nitrogen and oxygen atoms in total. The molecular formula is C18H19N3O5S. The predicted molar refractivity (Wildman–Crippen MR) is 99.3 cm³/mol. The molecule has 2 N–H and O–H groups in total. The Hall–Kier alpha value is -2.94. The molecule has 3 rings (SSSR count). The third-order valence-electron chi connectivity index (χ3n) is 4.00. The van der Waals surface area contributed by atoms with Crippen LogP contribution in [0.2, 0.25) is 0 Å². The minimum atomic E-state index is -1.06. The zero-order chi connectivity index (χ0) is 19.2. The number of ether oxygens (including phenoxy) is 1. The topological polar surface area (TPSA) is 109 Å². The third kappa shape index (κ3) is 5.04. The van der Waals surface area contributed by atoms with Crippen LogP contribution in [0.15, 0.2) is 29.6 Å². The molecule has 1 aromatic heterocycles. The lowest BCUT2D eigenvalue weighted by Crippen LogP contribution is -2.30. The normalized spacial score (nSPS) is 13.6. The van der Waals surface area contributed by atoms with Gasteiger partial charge in [0.1, 0.15) is 5.75 Å². The van der Waals surface area contributed by atoms with E-state index in [2.05, 4.69) is 10.3 Å². The van der Waals surface area contributed by atoms with E-state index in [4.69, 9.17) is 9.84 Å². The van der Waals surface area contributed by atoms with Crippen LogP contribution in [0.1, 0.15) is 28.3 Å². The zero-order valence-corrected chi connectivity index (χ0v) is 15.3. The Balaban J connectivity index is 1.43. The van der Waals surface area contributed by atoms with Crippen molar-refractivity contribution in [3.05, 3.63) is 40.3 Å². The van der Waals surface area contributed by atoms with Gasteiger partial charge in [-0.3, -0.25) is 9.59 Å². The number of carboxylic acids is 1. The van der Waals surface area contributed by atoms with Gasteiger partial charge in [-0.1, -0.05) is 6.07 Å². The molecule has 0 aliphatic carbocycles. The van der Waals surface area contributed by atoms with Crippen LogP contribution in [-0.2, 0) is 16.0 Å². The summed E-state index contributed by atoms with van der Waals surface area (Å²) in [5.41, 5.74) is 0.787. The maximum Gasteiger partial charge on any atom is 0.355 e. The largest absolute Gasteiger partial charge is 0.484 e. The highest BCUT2D eigenvalue weighted by Crippen LogP contribution is 2.25.